The van der Waals surface area contributed by atoms with Crippen LogP contribution in [0, 0.1) is 5.92 Å². The van der Waals surface area contributed by atoms with Crippen LogP contribution in [-0.2, 0) is 11.3 Å². The number of carbonyl (C=O) groups is 1. The fourth-order valence-corrected chi connectivity index (χ4v) is 2.58. The van der Waals surface area contributed by atoms with Gasteiger partial charge in [0.2, 0.25) is 0 Å². The Hall–Kier alpha value is -1.00. The molecule has 1 aromatic carbocycles. The van der Waals surface area contributed by atoms with Crippen molar-refractivity contribution < 1.29 is 9.90 Å². The third-order valence-electron chi connectivity index (χ3n) is 3.19. The second-order valence-corrected chi connectivity index (χ2v) is 5.29. The number of aliphatic carboxylic acids is 1. The maximum atomic E-state index is 10.9. The molecule has 0 unspecified atom stereocenters. The minimum Gasteiger partial charge on any atom is -0.481 e. The van der Waals surface area contributed by atoms with Crippen LogP contribution in [0.1, 0.15) is 12.0 Å². The molecule has 92 valence electrons. The number of nitrogens with zero attached hydrogens (tertiary/aromatic N) is 1. The molecule has 0 saturated carbocycles. The number of hydrogen-bond donors (Lipinski definition) is 1. The van der Waals surface area contributed by atoms with Gasteiger partial charge in [-0.1, -0.05) is 12.1 Å². The Bertz CT molecular complexity index is 391. The summed E-state index contributed by atoms with van der Waals surface area (Å²) in [6, 6.07) is 8.48. The predicted octanol–water partition coefficient (Wildman–Crippen LogP) is 2.32. The Morgan fingerprint density at radius 1 is 1.47 bits per heavy atom. The first kappa shape index (κ1) is 12.5. The number of carboxylic acids is 1. The Morgan fingerprint density at radius 3 is 2.71 bits per heavy atom. The zero-order valence-corrected chi connectivity index (χ0v) is 10.7. The molecule has 4 heteroatoms. The van der Waals surface area contributed by atoms with Gasteiger partial charge in [0, 0.05) is 18.0 Å². The van der Waals surface area contributed by atoms with Crippen molar-refractivity contribution in [3.8, 4) is 0 Å². The smallest absolute Gasteiger partial charge is 0.307 e. The Morgan fingerprint density at radius 2 is 2.18 bits per heavy atom. The molecular weight excluding hydrogens is 234 g/mol. The fourth-order valence-electron chi connectivity index (χ4n) is 2.17. The van der Waals surface area contributed by atoms with E-state index in [0.29, 0.717) is 6.54 Å². The highest BCUT2D eigenvalue weighted by Crippen LogP contribution is 2.20. The van der Waals surface area contributed by atoms with Gasteiger partial charge in [-0.15, -0.1) is 11.8 Å². The average molecular weight is 251 g/mol. The molecule has 1 N–H and O–H groups in total. The van der Waals surface area contributed by atoms with E-state index in [2.05, 4.69) is 35.4 Å². The van der Waals surface area contributed by atoms with Gasteiger partial charge >= 0.3 is 5.97 Å². The van der Waals surface area contributed by atoms with E-state index in [-0.39, 0.29) is 5.92 Å². The largest absolute Gasteiger partial charge is 0.481 e. The molecule has 3 nitrogen and oxygen atoms in total. The molecule has 0 bridgehead atoms. The summed E-state index contributed by atoms with van der Waals surface area (Å²) < 4.78 is 0. The second kappa shape index (κ2) is 5.56. The van der Waals surface area contributed by atoms with Crippen LogP contribution in [-0.4, -0.2) is 35.3 Å². The monoisotopic (exact) mass is 251 g/mol. The summed E-state index contributed by atoms with van der Waals surface area (Å²) in [5, 5.41) is 8.94. The van der Waals surface area contributed by atoms with Gasteiger partial charge in [0.25, 0.3) is 0 Å². The molecule has 0 aliphatic carbocycles. The third-order valence-corrected chi connectivity index (χ3v) is 3.93. The van der Waals surface area contributed by atoms with Crippen molar-refractivity contribution >= 4 is 17.7 Å². The highest BCUT2D eigenvalue weighted by molar-refractivity contribution is 7.98. The number of benzene rings is 1. The van der Waals surface area contributed by atoms with E-state index in [4.69, 9.17) is 5.11 Å². The molecule has 0 spiro atoms. The first-order valence-electron chi connectivity index (χ1n) is 5.77. The lowest BCUT2D eigenvalue weighted by molar-refractivity contribution is -0.141. The normalized spacial score (nSPS) is 20.6. The summed E-state index contributed by atoms with van der Waals surface area (Å²) in [5.74, 6) is -0.842. The van der Waals surface area contributed by atoms with E-state index in [1.54, 1.807) is 11.8 Å². The lowest BCUT2D eigenvalue weighted by Crippen LogP contribution is -2.22. The van der Waals surface area contributed by atoms with Gasteiger partial charge in [0.1, 0.15) is 0 Å². The van der Waals surface area contributed by atoms with Gasteiger partial charge in [0.15, 0.2) is 0 Å². The number of carboxylic acid groups (broad SMARTS) is 1. The Labute approximate surface area is 106 Å². The van der Waals surface area contributed by atoms with Crippen LogP contribution in [0.15, 0.2) is 29.2 Å². The number of hydrogen-bond acceptors (Lipinski definition) is 3. The molecule has 0 amide bonds. The van der Waals surface area contributed by atoms with Gasteiger partial charge in [-0.25, -0.2) is 0 Å². The highest BCUT2D eigenvalue weighted by atomic mass is 32.2. The molecule has 1 heterocycles. The van der Waals surface area contributed by atoms with Crippen molar-refractivity contribution in [2.24, 2.45) is 5.92 Å². The fraction of sp³-hybridized carbons (Fsp3) is 0.462. The molecule has 1 aromatic rings. The zero-order chi connectivity index (χ0) is 12.3. The standard InChI is InChI=1S/C13H17NO2S/c1-17-12-4-2-10(3-5-12)8-14-7-6-11(9-14)13(15)16/h2-5,11H,6-9H2,1H3,(H,15,16)/t11-/m0/s1. The van der Waals surface area contributed by atoms with E-state index < -0.39 is 5.97 Å². The van der Waals surface area contributed by atoms with E-state index in [0.717, 1.165) is 19.5 Å². The van der Waals surface area contributed by atoms with Crippen molar-refractivity contribution in [1.82, 2.24) is 4.90 Å². The summed E-state index contributed by atoms with van der Waals surface area (Å²) in [4.78, 5) is 14.3. The van der Waals surface area contributed by atoms with Gasteiger partial charge in [0.05, 0.1) is 5.92 Å². The molecule has 0 radical (unpaired) electrons. The molecule has 1 atom stereocenters. The summed E-state index contributed by atoms with van der Waals surface area (Å²) in [5.41, 5.74) is 1.26. The van der Waals surface area contributed by atoms with E-state index in [1.165, 1.54) is 10.5 Å². The van der Waals surface area contributed by atoms with Crippen LogP contribution in [0.5, 0.6) is 0 Å². The van der Waals surface area contributed by atoms with E-state index in [9.17, 15) is 4.79 Å². The predicted molar refractivity (Wildman–Crippen MR) is 69.2 cm³/mol. The topological polar surface area (TPSA) is 40.5 Å². The maximum absolute atomic E-state index is 10.9. The molecule has 1 aliphatic heterocycles. The number of thioether (sulfide) groups is 1. The second-order valence-electron chi connectivity index (χ2n) is 4.41. The molecule has 17 heavy (non-hydrogen) atoms. The first-order valence-corrected chi connectivity index (χ1v) is 6.99. The van der Waals surface area contributed by atoms with Crippen molar-refractivity contribution in [2.75, 3.05) is 19.3 Å². The Balaban J connectivity index is 1.91. The molecule has 2 rings (SSSR count). The van der Waals surface area contributed by atoms with E-state index in [1.807, 2.05) is 0 Å². The number of likely N-dealkylation sites (tertiary alicyclic amines) is 1. The van der Waals surface area contributed by atoms with Crippen LogP contribution < -0.4 is 0 Å². The number of rotatable bonds is 4. The molecule has 1 aliphatic rings. The van der Waals surface area contributed by atoms with Crippen LogP contribution >= 0.6 is 11.8 Å². The summed E-state index contributed by atoms with van der Waals surface area (Å²) in [6.45, 7) is 2.43. The summed E-state index contributed by atoms with van der Waals surface area (Å²) in [7, 11) is 0. The molecule has 1 saturated heterocycles. The lowest BCUT2D eigenvalue weighted by atomic mass is 10.1. The summed E-state index contributed by atoms with van der Waals surface area (Å²) >= 11 is 1.73. The lowest BCUT2D eigenvalue weighted by Gasteiger charge is -2.15. The quantitative estimate of drug-likeness (QED) is 0.834. The van der Waals surface area contributed by atoms with Crippen molar-refractivity contribution in [1.29, 1.82) is 0 Å². The van der Waals surface area contributed by atoms with Gasteiger partial charge in [-0.2, -0.15) is 0 Å². The van der Waals surface area contributed by atoms with Crippen molar-refractivity contribution in [3.05, 3.63) is 29.8 Å². The third kappa shape index (κ3) is 3.23. The van der Waals surface area contributed by atoms with Crippen LogP contribution in [0.3, 0.4) is 0 Å². The first-order chi connectivity index (χ1) is 8.19. The minimum atomic E-state index is -0.662. The van der Waals surface area contributed by atoms with Crippen LogP contribution in [0.25, 0.3) is 0 Å². The SMILES string of the molecule is CSc1ccc(CN2CC[C@H](C(=O)O)C2)cc1. The zero-order valence-electron chi connectivity index (χ0n) is 9.93. The van der Waals surface area contributed by atoms with Crippen LogP contribution in [0.2, 0.25) is 0 Å². The molecule has 0 aromatic heterocycles. The van der Waals surface area contributed by atoms with Gasteiger partial charge in [-0.05, 0) is 36.9 Å². The van der Waals surface area contributed by atoms with Gasteiger partial charge in [-0.3, -0.25) is 9.69 Å². The highest BCUT2D eigenvalue weighted by Gasteiger charge is 2.27. The summed E-state index contributed by atoms with van der Waals surface area (Å²) in [6.07, 6.45) is 2.84. The van der Waals surface area contributed by atoms with Crippen molar-refractivity contribution in [2.45, 2.75) is 17.9 Å². The molecule has 1 fully saturated rings. The average Bonchev–Trinajstić information content (AvgIpc) is 2.79. The van der Waals surface area contributed by atoms with Crippen molar-refractivity contribution in [3.63, 3.8) is 0 Å². The van der Waals surface area contributed by atoms with E-state index >= 15 is 0 Å². The van der Waals surface area contributed by atoms with Crippen LogP contribution in [0.4, 0.5) is 0 Å². The maximum Gasteiger partial charge on any atom is 0.307 e. The molecular formula is C13H17NO2S. The minimum absolute atomic E-state index is 0.180. The Kier molecular flexibility index (Phi) is 4.07. The van der Waals surface area contributed by atoms with Gasteiger partial charge < -0.3 is 5.11 Å².